The molecule has 0 saturated heterocycles. The number of anilines is 1. The van der Waals surface area contributed by atoms with Crippen LogP contribution in [-0.2, 0) is 17.8 Å². The average Bonchev–Trinajstić information content (AvgIpc) is 2.90. The summed E-state index contributed by atoms with van der Waals surface area (Å²) < 4.78 is 1.47. The maximum absolute atomic E-state index is 12.5. The first-order chi connectivity index (χ1) is 12.1. The van der Waals surface area contributed by atoms with Crippen molar-refractivity contribution in [1.82, 2.24) is 14.9 Å². The van der Waals surface area contributed by atoms with Crippen molar-refractivity contribution >= 4 is 35.0 Å². The number of nitrogen functional groups attached to an aromatic ring is 1. The van der Waals surface area contributed by atoms with Crippen molar-refractivity contribution in [3.8, 4) is 0 Å². The number of carbonyl (C=O) groups excluding carboxylic acids is 1. The lowest BCUT2D eigenvalue weighted by Crippen LogP contribution is -2.35. The summed E-state index contributed by atoms with van der Waals surface area (Å²) in [6.07, 6.45) is 2.88. The molecule has 1 aliphatic rings. The van der Waals surface area contributed by atoms with Crippen LogP contribution in [0.2, 0.25) is 0 Å². The summed E-state index contributed by atoms with van der Waals surface area (Å²) in [5.41, 5.74) is 10.1. The molecule has 0 radical (unpaired) electrons. The molecule has 1 unspecified atom stereocenters. The molecule has 7 heteroatoms. The minimum Gasteiger partial charge on any atom is -0.399 e. The number of nitrogens with zero attached hydrogens (tertiary/aromatic N) is 1. The molecule has 1 amide bonds. The fourth-order valence-electron chi connectivity index (χ4n) is 3.63. The van der Waals surface area contributed by atoms with E-state index in [9.17, 15) is 9.59 Å². The van der Waals surface area contributed by atoms with Crippen molar-refractivity contribution < 1.29 is 4.79 Å². The molecule has 0 spiro atoms. The number of aromatic amines is 1. The van der Waals surface area contributed by atoms with Crippen LogP contribution in [-0.4, -0.2) is 15.5 Å². The van der Waals surface area contributed by atoms with Crippen LogP contribution in [0, 0.1) is 0 Å². The van der Waals surface area contributed by atoms with Crippen molar-refractivity contribution in [3.05, 3.63) is 64.1 Å². The van der Waals surface area contributed by atoms with Gasteiger partial charge in [0.2, 0.25) is 5.91 Å². The molecule has 26 heavy (non-hydrogen) atoms. The maximum Gasteiger partial charge on any atom is 0.326 e. The summed E-state index contributed by atoms with van der Waals surface area (Å²) in [5.74, 6) is -0.165. The van der Waals surface area contributed by atoms with Gasteiger partial charge in [0.1, 0.15) is 6.54 Å². The van der Waals surface area contributed by atoms with Crippen molar-refractivity contribution in [2.45, 2.75) is 31.8 Å². The van der Waals surface area contributed by atoms with Gasteiger partial charge in [-0.25, -0.2) is 4.79 Å². The third-order valence-corrected chi connectivity index (χ3v) is 4.80. The lowest BCUT2D eigenvalue weighted by molar-refractivity contribution is -0.122. The van der Waals surface area contributed by atoms with Crippen LogP contribution in [0.3, 0.4) is 0 Å². The molecule has 0 saturated carbocycles. The number of para-hydroxylation sites is 2. The van der Waals surface area contributed by atoms with E-state index < -0.39 is 0 Å². The Hall–Kier alpha value is -2.73. The number of carbonyl (C=O) groups is 1. The van der Waals surface area contributed by atoms with Crippen LogP contribution in [0.4, 0.5) is 5.69 Å². The predicted octanol–water partition coefficient (Wildman–Crippen LogP) is 2.53. The van der Waals surface area contributed by atoms with E-state index >= 15 is 0 Å². The molecule has 136 valence electrons. The number of rotatable bonds is 3. The molecular formula is C19H21ClN4O2. The first kappa shape index (κ1) is 18.1. The molecule has 3 aromatic rings. The Kier molecular flexibility index (Phi) is 5.04. The number of hydrogen-bond donors (Lipinski definition) is 3. The van der Waals surface area contributed by atoms with Gasteiger partial charge in [-0.1, -0.05) is 18.2 Å². The Morgan fingerprint density at radius 2 is 2.08 bits per heavy atom. The van der Waals surface area contributed by atoms with E-state index in [1.54, 1.807) is 0 Å². The van der Waals surface area contributed by atoms with Gasteiger partial charge in [-0.2, -0.15) is 0 Å². The van der Waals surface area contributed by atoms with E-state index in [-0.39, 0.29) is 36.6 Å². The number of imidazole rings is 1. The van der Waals surface area contributed by atoms with Gasteiger partial charge in [0.15, 0.2) is 0 Å². The van der Waals surface area contributed by atoms with Gasteiger partial charge in [-0.05, 0) is 54.7 Å². The van der Waals surface area contributed by atoms with Gasteiger partial charge in [0.05, 0.1) is 17.1 Å². The lowest BCUT2D eigenvalue weighted by atomic mass is 9.87. The van der Waals surface area contributed by atoms with Gasteiger partial charge in [0.25, 0.3) is 0 Å². The predicted molar refractivity (Wildman–Crippen MR) is 104 cm³/mol. The minimum atomic E-state index is -0.270. The highest BCUT2D eigenvalue weighted by Gasteiger charge is 2.22. The van der Waals surface area contributed by atoms with Crippen molar-refractivity contribution in [2.75, 3.05) is 5.73 Å². The third-order valence-electron chi connectivity index (χ3n) is 4.80. The molecule has 1 aliphatic carbocycles. The van der Waals surface area contributed by atoms with E-state index in [0.29, 0.717) is 0 Å². The lowest BCUT2D eigenvalue weighted by Gasteiger charge is -2.26. The highest BCUT2D eigenvalue weighted by Crippen LogP contribution is 2.30. The molecule has 0 aliphatic heterocycles. The SMILES string of the molecule is Cl.Nc1ccc2c(c1)CCCC2NC(=O)Cn1c(=O)[nH]c2ccccc21. The highest BCUT2D eigenvalue weighted by molar-refractivity contribution is 5.85. The molecule has 1 atom stereocenters. The van der Waals surface area contributed by atoms with Crippen LogP contribution >= 0.6 is 12.4 Å². The molecule has 4 N–H and O–H groups in total. The number of aromatic nitrogens is 2. The third kappa shape index (κ3) is 3.32. The summed E-state index contributed by atoms with van der Waals surface area (Å²) in [6, 6.07) is 13.2. The number of H-pyrrole nitrogens is 1. The van der Waals surface area contributed by atoms with E-state index in [0.717, 1.165) is 41.5 Å². The molecule has 6 nitrogen and oxygen atoms in total. The van der Waals surface area contributed by atoms with Crippen molar-refractivity contribution in [2.24, 2.45) is 0 Å². The Bertz CT molecular complexity index is 1010. The number of nitrogens with two attached hydrogens (primary N) is 1. The molecule has 1 heterocycles. The van der Waals surface area contributed by atoms with Crippen molar-refractivity contribution in [1.29, 1.82) is 0 Å². The van der Waals surface area contributed by atoms with Gasteiger partial charge < -0.3 is 16.0 Å². The number of benzene rings is 2. The molecule has 2 aromatic carbocycles. The second-order valence-corrected chi connectivity index (χ2v) is 6.50. The number of fused-ring (bicyclic) bond motifs is 2. The van der Waals surface area contributed by atoms with E-state index in [1.165, 1.54) is 10.1 Å². The number of nitrogens with one attached hydrogen (secondary N) is 2. The fraction of sp³-hybridized carbons (Fsp3) is 0.263. The van der Waals surface area contributed by atoms with Gasteiger partial charge >= 0.3 is 5.69 Å². The minimum absolute atomic E-state index is 0. The second kappa shape index (κ2) is 7.25. The summed E-state index contributed by atoms with van der Waals surface area (Å²) >= 11 is 0. The zero-order chi connectivity index (χ0) is 17.4. The number of aryl methyl sites for hydroxylation is 1. The normalized spacial score (nSPS) is 15.9. The van der Waals surface area contributed by atoms with Crippen LogP contribution < -0.4 is 16.7 Å². The van der Waals surface area contributed by atoms with Crippen LogP contribution in [0.5, 0.6) is 0 Å². The maximum atomic E-state index is 12.5. The Morgan fingerprint density at radius 3 is 2.92 bits per heavy atom. The Labute approximate surface area is 156 Å². The summed E-state index contributed by atoms with van der Waals surface area (Å²) in [4.78, 5) is 27.4. The summed E-state index contributed by atoms with van der Waals surface area (Å²) in [6.45, 7) is 0.00362. The molecule has 0 bridgehead atoms. The Morgan fingerprint density at radius 1 is 1.27 bits per heavy atom. The fourth-order valence-corrected chi connectivity index (χ4v) is 3.63. The van der Waals surface area contributed by atoms with E-state index in [2.05, 4.69) is 10.3 Å². The number of halogens is 1. The Balaban J connectivity index is 0.00000196. The molecular weight excluding hydrogens is 352 g/mol. The van der Waals surface area contributed by atoms with Gasteiger partial charge in [0, 0.05) is 5.69 Å². The largest absolute Gasteiger partial charge is 0.399 e. The van der Waals surface area contributed by atoms with E-state index in [1.807, 2.05) is 42.5 Å². The van der Waals surface area contributed by atoms with Crippen LogP contribution in [0.25, 0.3) is 11.0 Å². The first-order valence-corrected chi connectivity index (χ1v) is 8.47. The van der Waals surface area contributed by atoms with Gasteiger partial charge in [-0.3, -0.25) is 9.36 Å². The molecule has 1 aromatic heterocycles. The van der Waals surface area contributed by atoms with Gasteiger partial charge in [-0.15, -0.1) is 12.4 Å². The van der Waals surface area contributed by atoms with Crippen LogP contribution in [0.1, 0.15) is 30.0 Å². The zero-order valence-electron chi connectivity index (χ0n) is 14.2. The summed E-state index contributed by atoms with van der Waals surface area (Å²) in [7, 11) is 0. The van der Waals surface area contributed by atoms with E-state index in [4.69, 9.17) is 5.73 Å². The highest BCUT2D eigenvalue weighted by atomic mass is 35.5. The van der Waals surface area contributed by atoms with Crippen molar-refractivity contribution in [3.63, 3.8) is 0 Å². The first-order valence-electron chi connectivity index (χ1n) is 8.47. The number of amides is 1. The molecule has 0 fully saturated rings. The zero-order valence-corrected chi connectivity index (χ0v) is 15.0. The smallest absolute Gasteiger partial charge is 0.326 e. The average molecular weight is 373 g/mol. The molecule has 4 rings (SSSR count). The van der Waals surface area contributed by atoms with Crippen LogP contribution in [0.15, 0.2) is 47.3 Å². The quantitative estimate of drug-likeness (QED) is 0.617. The monoisotopic (exact) mass is 372 g/mol. The standard InChI is InChI=1S/C19H20N4O2.ClH/c20-13-8-9-14-12(10-13)4-3-6-15(14)21-18(24)11-23-17-7-2-1-5-16(17)22-19(23)25;/h1-2,5,7-10,15H,3-4,6,11,20H2,(H,21,24)(H,22,25);1H. The number of hydrogen-bond acceptors (Lipinski definition) is 3. The topological polar surface area (TPSA) is 92.9 Å². The summed E-state index contributed by atoms with van der Waals surface area (Å²) in [5, 5.41) is 3.07. The second-order valence-electron chi connectivity index (χ2n) is 6.50.